The predicted octanol–water partition coefficient (Wildman–Crippen LogP) is 3.86. The number of rotatable bonds is 5. The van der Waals surface area contributed by atoms with Crippen LogP contribution in [0.15, 0.2) is 42.5 Å². The van der Waals surface area contributed by atoms with Gasteiger partial charge in [-0.3, -0.25) is 9.59 Å². The Bertz CT molecular complexity index is 736. The first-order valence-electron chi connectivity index (χ1n) is 8.15. The Balaban J connectivity index is 2.21. The zero-order chi connectivity index (χ0) is 17.7. The quantitative estimate of drug-likeness (QED) is 0.908. The molecule has 0 aliphatic rings. The topological polar surface area (TPSA) is 49.4 Å². The third-order valence-corrected chi connectivity index (χ3v) is 3.99. The van der Waals surface area contributed by atoms with Crippen LogP contribution in [0.3, 0.4) is 0 Å². The van der Waals surface area contributed by atoms with Gasteiger partial charge in [0.1, 0.15) is 6.54 Å². The molecule has 2 aromatic rings. The Labute approximate surface area is 143 Å². The molecule has 0 aliphatic carbocycles. The fraction of sp³-hybridized carbons (Fsp3) is 0.300. The molecule has 2 amide bonds. The van der Waals surface area contributed by atoms with Crippen LogP contribution in [0.25, 0.3) is 0 Å². The lowest BCUT2D eigenvalue weighted by atomic mass is 10.0. The molecule has 24 heavy (non-hydrogen) atoms. The van der Waals surface area contributed by atoms with Crippen molar-refractivity contribution in [2.45, 2.75) is 34.1 Å². The highest BCUT2D eigenvalue weighted by molar-refractivity contribution is 6.02. The van der Waals surface area contributed by atoms with Crippen molar-refractivity contribution in [2.75, 3.05) is 16.8 Å². The molecule has 0 aromatic heterocycles. The van der Waals surface area contributed by atoms with E-state index < -0.39 is 0 Å². The number of anilines is 2. The highest BCUT2D eigenvalue weighted by Gasteiger charge is 2.20. The van der Waals surface area contributed by atoms with Gasteiger partial charge in [0.25, 0.3) is 0 Å². The molecule has 2 rings (SSSR count). The van der Waals surface area contributed by atoms with E-state index in [9.17, 15) is 9.59 Å². The third kappa shape index (κ3) is 4.22. The summed E-state index contributed by atoms with van der Waals surface area (Å²) in [5.41, 5.74) is 4.76. The Hall–Kier alpha value is -2.62. The second kappa shape index (κ2) is 7.77. The van der Waals surface area contributed by atoms with Crippen LogP contribution >= 0.6 is 0 Å². The van der Waals surface area contributed by atoms with Gasteiger partial charge in [0.15, 0.2) is 0 Å². The van der Waals surface area contributed by atoms with E-state index in [2.05, 4.69) is 5.32 Å². The van der Waals surface area contributed by atoms with E-state index >= 15 is 0 Å². The third-order valence-electron chi connectivity index (χ3n) is 3.99. The Morgan fingerprint density at radius 1 is 1.04 bits per heavy atom. The molecule has 2 aromatic carbocycles. The summed E-state index contributed by atoms with van der Waals surface area (Å²) in [5.74, 6) is -0.350. The molecule has 4 nitrogen and oxygen atoms in total. The number of hydrogen-bond donors (Lipinski definition) is 1. The summed E-state index contributed by atoms with van der Waals surface area (Å²) in [7, 11) is 0. The van der Waals surface area contributed by atoms with Crippen molar-refractivity contribution in [3.8, 4) is 0 Å². The second-order valence-corrected chi connectivity index (χ2v) is 5.96. The average Bonchev–Trinajstić information content (AvgIpc) is 2.54. The highest BCUT2D eigenvalue weighted by atomic mass is 16.2. The minimum Gasteiger partial charge on any atom is -0.325 e. The first-order valence-corrected chi connectivity index (χ1v) is 8.15. The maximum absolute atomic E-state index is 12.4. The van der Waals surface area contributed by atoms with Crippen LogP contribution < -0.4 is 10.2 Å². The fourth-order valence-electron chi connectivity index (χ4n) is 2.72. The lowest BCUT2D eigenvalue weighted by Gasteiger charge is -2.25. The number of nitrogens with one attached hydrogen (secondary N) is 1. The van der Waals surface area contributed by atoms with Gasteiger partial charge >= 0.3 is 0 Å². The zero-order valence-corrected chi connectivity index (χ0v) is 14.7. The molecular formula is C20H24N2O2. The molecule has 0 atom stereocenters. The molecule has 0 saturated heterocycles. The molecule has 0 radical (unpaired) electrons. The minimum absolute atomic E-state index is 0.00105. The molecule has 0 heterocycles. The van der Waals surface area contributed by atoms with E-state index in [0.29, 0.717) is 0 Å². The summed E-state index contributed by atoms with van der Waals surface area (Å²) in [4.78, 5) is 26.1. The van der Waals surface area contributed by atoms with Crippen molar-refractivity contribution in [3.63, 3.8) is 0 Å². The number of carbonyl (C=O) groups excluding carboxylic acids is 2. The maximum Gasteiger partial charge on any atom is 0.244 e. The van der Waals surface area contributed by atoms with Crippen molar-refractivity contribution in [1.29, 1.82) is 0 Å². The van der Waals surface area contributed by atoms with Crippen molar-refractivity contribution in [1.82, 2.24) is 0 Å². The molecule has 0 aliphatic heterocycles. The first kappa shape index (κ1) is 17.7. The van der Waals surface area contributed by atoms with E-state index in [4.69, 9.17) is 0 Å². The van der Waals surface area contributed by atoms with Crippen LogP contribution in [0.5, 0.6) is 0 Å². The largest absolute Gasteiger partial charge is 0.325 e. The normalized spacial score (nSPS) is 10.3. The zero-order valence-electron chi connectivity index (χ0n) is 14.7. The number of nitrogens with zero attached hydrogens (tertiary/aromatic N) is 1. The van der Waals surface area contributed by atoms with Crippen molar-refractivity contribution in [2.24, 2.45) is 0 Å². The van der Waals surface area contributed by atoms with Crippen LogP contribution in [0.1, 0.15) is 30.5 Å². The van der Waals surface area contributed by atoms with Gasteiger partial charge in [-0.1, -0.05) is 42.8 Å². The van der Waals surface area contributed by atoms with E-state index in [1.54, 1.807) is 4.90 Å². The smallest absolute Gasteiger partial charge is 0.244 e. The summed E-state index contributed by atoms with van der Waals surface area (Å²) >= 11 is 0. The van der Waals surface area contributed by atoms with Crippen LogP contribution in [0.2, 0.25) is 0 Å². The summed E-state index contributed by atoms with van der Waals surface area (Å²) in [6.45, 7) is 7.49. The van der Waals surface area contributed by atoms with Gasteiger partial charge in [0.05, 0.1) is 5.69 Å². The first-order chi connectivity index (χ1) is 11.4. The molecule has 0 fully saturated rings. The number of carbonyl (C=O) groups is 2. The van der Waals surface area contributed by atoms with E-state index in [1.165, 1.54) is 6.92 Å². The number of aryl methyl sites for hydroxylation is 3. The van der Waals surface area contributed by atoms with Gasteiger partial charge in [-0.2, -0.15) is 0 Å². The van der Waals surface area contributed by atoms with E-state index in [0.717, 1.165) is 34.5 Å². The molecule has 4 heteroatoms. The number of hydrogen-bond acceptors (Lipinski definition) is 2. The SMILES string of the molecule is CCc1cccc(C)c1N(CC(=O)Nc1ccc(C)cc1)C(C)=O. The number of benzene rings is 2. The molecule has 126 valence electrons. The van der Waals surface area contributed by atoms with Crippen LogP contribution in [-0.2, 0) is 16.0 Å². The summed E-state index contributed by atoms with van der Waals surface area (Å²) in [5, 5.41) is 2.85. The van der Waals surface area contributed by atoms with Crippen LogP contribution in [0.4, 0.5) is 11.4 Å². The second-order valence-electron chi connectivity index (χ2n) is 5.96. The van der Waals surface area contributed by atoms with Gasteiger partial charge in [-0.15, -0.1) is 0 Å². The van der Waals surface area contributed by atoms with Crippen LogP contribution in [0, 0.1) is 13.8 Å². The maximum atomic E-state index is 12.4. The minimum atomic E-state index is -0.209. The molecule has 0 saturated carbocycles. The lowest BCUT2D eigenvalue weighted by molar-refractivity contribution is -0.120. The monoisotopic (exact) mass is 324 g/mol. The standard InChI is InChI=1S/C20H24N2O2/c1-5-17-8-6-7-15(3)20(17)22(16(4)23)13-19(24)21-18-11-9-14(2)10-12-18/h6-12H,5,13H2,1-4H3,(H,21,24). The van der Waals surface area contributed by atoms with Gasteiger partial charge in [0, 0.05) is 12.6 Å². The van der Waals surface area contributed by atoms with Crippen molar-refractivity contribution < 1.29 is 9.59 Å². The molecule has 0 spiro atoms. The Morgan fingerprint density at radius 3 is 2.29 bits per heavy atom. The predicted molar refractivity (Wildman–Crippen MR) is 98.4 cm³/mol. The van der Waals surface area contributed by atoms with Gasteiger partial charge in [0.2, 0.25) is 11.8 Å². The number of para-hydroxylation sites is 1. The van der Waals surface area contributed by atoms with Gasteiger partial charge < -0.3 is 10.2 Å². The van der Waals surface area contributed by atoms with Crippen molar-refractivity contribution >= 4 is 23.2 Å². The summed E-state index contributed by atoms with van der Waals surface area (Å²) < 4.78 is 0. The Morgan fingerprint density at radius 2 is 1.71 bits per heavy atom. The Kier molecular flexibility index (Phi) is 5.74. The fourth-order valence-corrected chi connectivity index (χ4v) is 2.72. The highest BCUT2D eigenvalue weighted by Crippen LogP contribution is 2.26. The summed E-state index contributed by atoms with van der Waals surface area (Å²) in [6.07, 6.45) is 0.806. The van der Waals surface area contributed by atoms with E-state index in [1.807, 2.05) is 63.2 Å². The van der Waals surface area contributed by atoms with Crippen LogP contribution in [-0.4, -0.2) is 18.4 Å². The molecule has 1 N–H and O–H groups in total. The van der Waals surface area contributed by atoms with Gasteiger partial charge in [-0.25, -0.2) is 0 Å². The lowest BCUT2D eigenvalue weighted by Crippen LogP contribution is -2.37. The number of amides is 2. The van der Waals surface area contributed by atoms with E-state index in [-0.39, 0.29) is 18.4 Å². The average molecular weight is 324 g/mol. The summed E-state index contributed by atoms with van der Waals surface area (Å²) in [6, 6.07) is 13.5. The van der Waals surface area contributed by atoms with Gasteiger partial charge in [-0.05, 0) is 43.5 Å². The molecule has 0 unspecified atom stereocenters. The van der Waals surface area contributed by atoms with Crippen molar-refractivity contribution in [3.05, 3.63) is 59.2 Å². The molecular weight excluding hydrogens is 300 g/mol. The molecule has 0 bridgehead atoms.